The Morgan fingerprint density at radius 3 is 1.64 bits per heavy atom. The molecule has 0 heterocycles. The summed E-state index contributed by atoms with van der Waals surface area (Å²) in [6, 6.07) is 0. The number of hydrogen-bond donors (Lipinski definition) is 4. The second kappa shape index (κ2) is 22.6. The monoisotopic (exact) mass is 468 g/mol. The molecule has 5 nitrogen and oxygen atoms in total. The Labute approximate surface area is 203 Å². The summed E-state index contributed by atoms with van der Waals surface area (Å²) in [6.45, 7) is 2.23. The Morgan fingerprint density at radius 1 is 0.667 bits per heavy atom. The highest BCUT2D eigenvalue weighted by Crippen LogP contribution is 2.19. The van der Waals surface area contributed by atoms with Crippen molar-refractivity contribution in [2.75, 3.05) is 0 Å². The molecule has 194 valence electrons. The van der Waals surface area contributed by atoms with E-state index in [0.717, 1.165) is 64.2 Å². The first-order valence-electron chi connectivity index (χ1n) is 13.5. The zero-order chi connectivity index (χ0) is 24.6. The van der Waals surface area contributed by atoms with Crippen molar-refractivity contribution >= 4 is 5.97 Å². The Bertz CT molecular complexity index is 499. The van der Waals surface area contributed by atoms with Crippen LogP contribution in [-0.2, 0) is 4.79 Å². The minimum Gasteiger partial charge on any atom is -0.479 e. The number of carbonyl (C=O) groups is 1. The lowest BCUT2D eigenvalue weighted by atomic mass is 10.0. The Balaban J connectivity index is 3.49. The maximum atomic E-state index is 10.5. The Morgan fingerprint density at radius 2 is 1.12 bits per heavy atom. The van der Waals surface area contributed by atoms with Crippen molar-refractivity contribution in [3.63, 3.8) is 0 Å². The SMILES string of the molecule is CCCCC/C=C/CCCC/C=C/CCC(O)(O)CCCCCCCCCCC(O)C(=O)O. The zero-order valence-electron chi connectivity index (χ0n) is 21.2. The zero-order valence-corrected chi connectivity index (χ0v) is 21.2. The van der Waals surface area contributed by atoms with Crippen LogP contribution in [0.5, 0.6) is 0 Å². The van der Waals surface area contributed by atoms with Gasteiger partial charge in [0.1, 0.15) is 0 Å². The molecule has 0 spiro atoms. The molecule has 1 unspecified atom stereocenters. The molecule has 0 aromatic rings. The van der Waals surface area contributed by atoms with E-state index >= 15 is 0 Å². The van der Waals surface area contributed by atoms with Gasteiger partial charge in [0.15, 0.2) is 11.9 Å². The van der Waals surface area contributed by atoms with Crippen molar-refractivity contribution in [3.05, 3.63) is 24.3 Å². The number of rotatable bonds is 24. The number of carboxylic acid groups (broad SMARTS) is 1. The molecule has 0 aliphatic carbocycles. The van der Waals surface area contributed by atoms with Crippen LogP contribution in [0.4, 0.5) is 0 Å². The smallest absolute Gasteiger partial charge is 0.332 e. The van der Waals surface area contributed by atoms with Gasteiger partial charge in [-0.2, -0.15) is 0 Å². The summed E-state index contributed by atoms with van der Waals surface area (Å²) in [5.41, 5.74) is 0. The van der Waals surface area contributed by atoms with E-state index in [0.29, 0.717) is 25.7 Å². The molecule has 5 heteroatoms. The first-order valence-corrected chi connectivity index (χ1v) is 13.5. The van der Waals surface area contributed by atoms with Crippen LogP contribution < -0.4 is 0 Å². The number of aliphatic hydroxyl groups excluding tert-OH is 1. The fourth-order valence-electron chi connectivity index (χ4n) is 3.88. The number of carboxylic acids is 1. The van der Waals surface area contributed by atoms with Gasteiger partial charge in [0.05, 0.1) is 0 Å². The molecule has 0 aliphatic heterocycles. The summed E-state index contributed by atoms with van der Waals surface area (Å²) >= 11 is 0. The highest BCUT2D eigenvalue weighted by Gasteiger charge is 2.20. The standard InChI is InChI=1S/C28H52O5/c1-2-3-4-5-6-7-8-9-10-12-15-18-21-24-28(32,33)25-22-19-16-13-11-14-17-20-23-26(29)27(30)31/h6-7,15,18,26,29,32-33H,2-5,8-14,16-17,19-25H2,1H3,(H,30,31)/b7-6+,18-15+. The number of unbranched alkanes of at least 4 members (excludes halogenated alkanes) is 13. The van der Waals surface area contributed by atoms with Crippen LogP contribution in [0.3, 0.4) is 0 Å². The molecule has 0 amide bonds. The quantitative estimate of drug-likeness (QED) is 0.0691. The molecule has 4 N–H and O–H groups in total. The maximum absolute atomic E-state index is 10.5. The van der Waals surface area contributed by atoms with Gasteiger partial charge in [-0.3, -0.25) is 0 Å². The molecule has 0 radical (unpaired) electrons. The number of aliphatic carboxylic acids is 1. The number of hydrogen-bond acceptors (Lipinski definition) is 4. The van der Waals surface area contributed by atoms with Crippen molar-refractivity contribution in [1.82, 2.24) is 0 Å². The average Bonchev–Trinajstić information content (AvgIpc) is 2.77. The lowest BCUT2D eigenvalue weighted by Gasteiger charge is -2.20. The summed E-state index contributed by atoms with van der Waals surface area (Å²) in [5, 5.41) is 38.1. The maximum Gasteiger partial charge on any atom is 0.332 e. The first kappa shape index (κ1) is 31.8. The van der Waals surface area contributed by atoms with E-state index in [1.54, 1.807) is 0 Å². The molecule has 0 aliphatic rings. The summed E-state index contributed by atoms with van der Waals surface area (Å²) in [5.74, 6) is -2.69. The molecule has 33 heavy (non-hydrogen) atoms. The molecular formula is C28H52O5. The summed E-state index contributed by atoms with van der Waals surface area (Å²) < 4.78 is 0. The van der Waals surface area contributed by atoms with Crippen LogP contribution >= 0.6 is 0 Å². The van der Waals surface area contributed by atoms with E-state index < -0.39 is 17.9 Å². The summed E-state index contributed by atoms with van der Waals surface area (Å²) in [6.07, 6.45) is 27.1. The van der Waals surface area contributed by atoms with Crippen LogP contribution in [0.25, 0.3) is 0 Å². The van der Waals surface area contributed by atoms with Crippen molar-refractivity contribution in [2.24, 2.45) is 0 Å². The van der Waals surface area contributed by atoms with Gasteiger partial charge in [-0.25, -0.2) is 4.79 Å². The van der Waals surface area contributed by atoms with E-state index in [4.69, 9.17) is 5.11 Å². The van der Waals surface area contributed by atoms with E-state index in [9.17, 15) is 20.1 Å². The van der Waals surface area contributed by atoms with Crippen molar-refractivity contribution < 1.29 is 25.2 Å². The van der Waals surface area contributed by atoms with Gasteiger partial charge in [-0.1, -0.05) is 89.0 Å². The van der Waals surface area contributed by atoms with E-state index in [-0.39, 0.29) is 0 Å². The fourth-order valence-corrected chi connectivity index (χ4v) is 3.88. The largest absolute Gasteiger partial charge is 0.479 e. The lowest BCUT2D eigenvalue weighted by molar-refractivity contribution is -0.170. The van der Waals surface area contributed by atoms with Crippen LogP contribution in [0, 0.1) is 0 Å². The minimum atomic E-state index is -1.56. The third kappa shape index (κ3) is 23.8. The highest BCUT2D eigenvalue weighted by molar-refractivity contribution is 5.71. The lowest BCUT2D eigenvalue weighted by Crippen LogP contribution is -2.27. The van der Waals surface area contributed by atoms with Crippen molar-refractivity contribution in [2.45, 2.75) is 147 Å². The molecule has 0 saturated heterocycles. The topological polar surface area (TPSA) is 98.0 Å². The first-order chi connectivity index (χ1) is 15.9. The fraction of sp³-hybridized carbons (Fsp3) is 0.821. The van der Waals surface area contributed by atoms with Gasteiger partial charge in [-0.15, -0.1) is 0 Å². The molecule has 0 bridgehead atoms. The van der Waals surface area contributed by atoms with Crippen LogP contribution in [-0.4, -0.2) is 38.3 Å². The van der Waals surface area contributed by atoms with E-state index in [1.165, 1.54) is 38.5 Å². The van der Waals surface area contributed by atoms with Gasteiger partial charge in [0.25, 0.3) is 0 Å². The third-order valence-corrected chi connectivity index (χ3v) is 6.10. The summed E-state index contributed by atoms with van der Waals surface area (Å²) in [4.78, 5) is 10.5. The molecule has 0 fully saturated rings. The average molecular weight is 469 g/mol. The van der Waals surface area contributed by atoms with E-state index in [1.807, 2.05) is 0 Å². The molecule has 0 aromatic carbocycles. The predicted octanol–water partition coefficient (Wildman–Crippen LogP) is 7.05. The van der Waals surface area contributed by atoms with Crippen molar-refractivity contribution in [1.29, 1.82) is 0 Å². The van der Waals surface area contributed by atoms with Gasteiger partial charge < -0.3 is 20.4 Å². The molecule has 0 rings (SSSR count). The van der Waals surface area contributed by atoms with E-state index in [2.05, 4.69) is 31.2 Å². The molecular weight excluding hydrogens is 416 g/mol. The minimum absolute atomic E-state index is 0.330. The second-order valence-electron chi connectivity index (χ2n) is 9.47. The normalized spacial score (nSPS) is 13.3. The predicted molar refractivity (Wildman–Crippen MR) is 137 cm³/mol. The van der Waals surface area contributed by atoms with Gasteiger partial charge in [-0.05, 0) is 57.8 Å². The van der Waals surface area contributed by atoms with Gasteiger partial charge >= 0.3 is 5.97 Å². The number of aliphatic hydroxyl groups is 3. The Hall–Kier alpha value is -1.17. The summed E-state index contributed by atoms with van der Waals surface area (Å²) in [7, 11) is 0. The van der Waals surface area contributed by atoms with Crippen LogP contribution in [0.1, 0.15) is 135 Å². The van der Waals surface area contributed by atoms with Gasteiger partial charge in [0.2, 0.25) is 0 Å². The van der Waals surface area contributed by atoms with Crippen molar-refractivity contribution in [3.8, 4) is 0 Å². The third-order valence-electron chi connectivity index (χ3n) is 6.10. The van der Waals surface area contributed by atoms with Gasteiger partial charge in [0, 0.05) is 12.8 Å². The van der Waals surface area contributed by atoms with Crippen LogP contribution in [0.2, 0.25) is 0 Å². The molecule has 0 aromatic heterocycles. The number of allylic oxidation sites excluding steroid dienone is 4. The highest BCUT2D eigenvalue weighted by atomic mass is 16.5. The molecule has 0 saturated carbocycles. The second-order valence-corrected chi connectivity index (χ2v) is 9.47. The molecule has 1 atom stereocenters. The van der Waals surface area contributed by atoms with Crippen LogP contribution in [0.15, 0.2) is 24.3 Å². The Kier molecular flexibility index (Phi) is 21.8.